The van der Waals surface area contributed by atoms with E-state index >= 15 is 0 Å². The van der Waals surface area contributed by atoms with Crippen molar-refractivity contribution in [2.24, 2.45) is 0 Å². The van der Waals surface area contributed by atoms with Crippen LogP contribution in [0.2, 0.25) is 0 Å². The van der Waals surface area contributed by atoms with E-state index in [0.29, 0.717) is 31.0 Å². The Balaban J connectivity index is 1.55. The summed E-state index contributed by atoms with van der Waals surface area (Å²) in [7, 11) is 0. The molecular weight excluding hydrogens is 294 g/mol. The zero-order valence-corrected chi connectivity index (χ0v) is 13.4. The second kappa shape index (κ2) is 5.86. The molecule has 1 N–H and O–H groups in total. The largest absolute Gasteiger partial charge is 0.342 e. The molecule has 0 radical (unpaired) electrons. The van der Waals surface area contributed by atoms with E-state index in [1.165, 1.54) is 0 Å². The summed E-state index contributed by atoms with van der Waals surface area (Å²) >= 11 is 0. The summed E-state index contributed by atoms with van der Waals surface area (Å²) < 4.78 is 0. The minimum absolute atomic E-state index is 0.0659. The van der Waals surface area contributed by atoms with Gasteiger partial charge in [0.05, 0.1) is 17.8 Å². The third kappa shape index (κ3) is 2.68. The molecular formula is C16H23N5O2. The van der Waals surface area contributed by atoms with E-state index in [2.05, 4.69) is 14.9 Å². The maximum absolute atomic E-state index is 12.5. The van der Waals surface area contributed by atoms with Gasteiger partial charge in [0.2, 0.25) is 5.95 Å². The topological polar surface area (TPSA) is 72.5 Å². The van der Waals surface area contributed by atoms with Gasteiger partial charge in [-0.2, -0.15) is 0 Å². The van der Waals surface area contributed by atoms with Gasteiger partial charge in [-0.1, -0.05) is 0 Å². The third-order valence-corrected chi connectivity index (χ3v) is 5.11. The molecule has 0 aliphatic carbocycles. The standard InChI is InChI=1S/C16H23N5O2/c22-14-12-11-21(16(23)20-8-3-4-9-20)10-5-13(12)17-15(18-14)19-6-1-2-7-19/h1-11H2,(H,17,18,22). The van der Waals surface area contributed by atoms with Gasteiger partial charge in [0, 0.05) is 39.1 Å². The molecule has 2 saturated heterocycles. The molecule has 0 spiro atoms. The van der Waals surface area contributed by atoms with E-state index in [1.54, 1.807) is 4.90 Å². The molecule has 23 heavy (non-hydrogen) atoms. The number of hydrogen-bond donors (Lipinski definition) is 1. The molecule has 0 saturated carbocycles. The summed E-state index contributed by atoms with van der Waals surface area (Å²) in [6.45, 7) is 4.63. The lowest BCUT2D eigenvalue weighted by atomic mass is 10.1. The van der Waals surface area contributed by atoms with E-state index in [4.69, 9.17) is 0 Å². The van der Waals surface area contributed by atoms with E-state index in [-0.39, 0.29) is 11.6 Å². The van der Waals surface area contributed by atoms with E-state index in [0.717, 1.165) is 57.6 Å². The van der Waals surface area contributed by atoms with Crippen molar-refractivity contribution in [2.45, 2.75) is 38.6 Å². The lowest BCUT2D eigenvalue weighted by Crippen LogP contribution is -2.46. The average molecular weight is 317 g/mol. The Morgan fingerprint density at radius 3 is 2.39 bits per heavy atom. The van der Waals surface area contributed by atoms with Gasteiger partial charge in [0.1, 0.15) is 0 Å². The number of carbonyl (C=O) groups is 1. The SMILES string of the molecule is O=C(N1CCCC1)N1CCc2nc(N3CCCC3)[nH]c(=O)c2C1. The maximum Gasteiger partial charge on any atom is 0.320 e. The van der Waals surface area contributed by atoms with Crippen molar-refractivity contribution in [2.75, 3.05) is 37.6 Å². The molecule has 3 aliphatic rings. The minimum Gasteiger partial charge on any atom is -0.342 e. The summed E-state index contributed by atoms with van der Waals surface area (Å²) in [6.07, 6.45) is 5.13. The highest BCUT2D eigenvalue weighted by atomic mass is 16.2. The van der Waals surface area contributed by atoms with Crippen LogP contribution in [-0.2, 0) is 13.0 Å². The molecule has 1 aromatic heterocycles. The number of hydrogen-bond acceptors (Lipinski definition) is 4. The summed E-state index contributed by atoms with van der Waals surface area (Å²) in [6, 6.07) is 0.0659. The number of nitrogens with zero attached hydrogens (tertiary/aromatic N) is 4. The first-order valence-electron chi connectivity index (χ1n) is 8.63. The fourth-order valence-corrected chi connectivity index (χ4v) is 3.76. The zero-order chi connectivity index (χ0) is 15.8. The van der Waals surface area contributed by atoms with Crippen LogP contribution in [0.1, 0.15) is 36.9 Å². The van der Waals surface area contributed by atoms with Crippen LogP contribution in [0.25, 0.3) is 0 Å². The molecule has 0 bridgehead atoms. The Bertz CT molecular complexity index is 659. The van der Waals surface area contributed by atoms with Crippen LogP contribution in [-0.4, -0.2) is 58.5 Å². The van der Waals surface area contributed by atoms with Crippen LogP contribution in [0.15, 0.2) is 4.79 Å². The van der Waals surface area contributed by atoms with Crippen molar-refractivity contribution in [1.29, 1.82) is 0 Å². The van der Waals surface area contributed by atoms with Gasteiger partial charge in [-0.3, -0.25) is 9.78 Å². The first kappa shape index (κ1) is 14.5. The third-order valence-electron chi connectivity index (χ3n) is 5.11. The maximum atomic E-state index is 12.5. The van der Waals surface area contributed by atoms with Gasteiger partial charge in [-0.15, -0.1) is 0 Å². The van der Waals surface area contributed by atoms with Crippen LogP contribution in [0, 0.1) is 0 Å². The number of anilines is 1. The number of aromatic nitrogens is 2. The summed E-state index contributed by atoms with van der Waals surface area (Å²) in [5.74, 6) is 0.700. The number of fused-ring (bicyclic) bond motifs is 1. The van der Waals surface area contributed by atoms with E-state index in [1.807, 2.05) is 4.90 Å². The smallest absolute Gasteiger partial charge is 0.320 e. The van der Waals surface area contributed by atoms with Crippen LogP contribution in [0.4, 0.5) is 10.7 Å². The quantitative estimate of drug-likeness (QED) is 0.837. The number of rotatable bonds is 1. The van der Waals surface area contributed by atoms with Gasteiger partial charge >= 0.3 is 6.03 Å². The molecule has 3 aliphatic heterocycles. The number of likely N-dealkylation sites (tertiary alicyclic amines) is 1. The number of nitrogens with one attached hydrogen (secondary N) is 1. The Morgan fingerprint density at radius 1 is 0.957 bits per heavy atom. The second-order valence-corrected chi connectivity index (χ2v) is 6.66. The predicted octanol–water partition coefficient (Wildman–Crippen LogP) is 0.944. The van der Waals surface area contributed by atoms with Gasteiger partial charge in [0.25, 0.3) is 5.56 Å². The normalized spacial score (nSPS) is 21.0. The highest BCUT2D eigenvalue weighted by Crippen LogP contribution is 2.21. The van der Waals surface area contributed by atoms with Crippen LogP contribution < -0.4 is 10.5 Å². The molecule has 0 aromatic carbocycles. The molecule has 4 rings (SSSR count). The first-order chi connectivity index (χ1) is 11.2. The molecule has 0 unspecified atom stereocenters. The Labute approximate surface area is 135 Å². The molecule has 1 aromatic rings. The number of urea groups is 1. The van der Waals surface area contributed by atoms with Crippen molar-refractivity contribution in [3.63, 3.8) is 0 Å². The van der Waals surface area contributed by atoms with Gasteiger partial charge in [-0.25, -0.2) is 9.78 Å². The number of H-pyrrole nitrogens is 1. The lowest BCUT2D eigenvalue weighted by molar-refractivity contribution is 0.156. The van der Waals surface area contributed by atoms with Crippen molar-refractivity contribution in [3.8, 4) is 0 Å². The average Bonchev–Trinajstić information content (AvgIpc) is 3.27. The molecule has 0 atom stereocenters. The number of aromatic amines is 1. The Hall–Kier alpha value is -2.05. The molecule has 7 nitrogen and oxygen atoms in total. The van der Waals surface area contributed by atoms with Crippen molar-refractivity contribution < 1.29 is 4.79 Å². The first-order valence-corrected chi connectivity index (χ1v) is 8.63. The monoisotopic (exact) mass is 317 g/mol. The second-order valence-electron chi connectivity index (χ2n) is 6.66. The molecule has 2 fully saturated rings. The van der Waals surface area contributed by atoms with Crippen molar-refractivity contribution >= 4 is 12.0 Å². The molecule has 4 heterocycles. The lowest BCUT2D eigenvalue weighted by Gasteiger charge is -2.31. The van der Waals surface area contributed by atoms with Crippen LogP contribution in [0.5, 0.6) is 0 Å². The molecule has 124 valence electrons. The minimum atomic E-state index is -0.0872. The van der Waals surface area contributed by atoms with Crippen LogP contribution >= 0.6 is 0 Å². The fourth-order valence-electron chi connectivity index (χ4n) is 3.76. The number of amides is 2. The number of carbonyl (C=O) groups excluding carboxylic acids is 1. The van der Waals surface area contributed by atoms with Gasteiger partial charge in [0.15, 0.2) is 0 Å². The van der Waals surface area contributed by atoms with E-state index < -0.39 is 0 Å². The van der Waals surface area contributed by atoms with Crippen molar-refractivity contribution in [1.82, 2.24) is 19.8 Å². The highest BCUT2D eigenvalue weighted by molar-refractivity contribution is 5.75. The highest BCUT2D eigenvalue weighted by Gasteiger charge is 2.29. The summed E-state index contributed by atoms with van der Waals surface area (Å²) in [4.78, 5) is 38.4. The Morgan fingerprint density at radius 2 is 1.65 bits per heavy atom. The Kier molecular flexibility index (Phi) is 3.71. The zero-order valence-electron chi connectivity index (χ0n) is 13.4. The van der Waals surface area contributed by atoms with Gasteiger partial charge < -0.3 is 14.7 Å². The summed E-state index contributed by atoms with van der Waals surface area (Å²) in [5, 5.41) is 0. The fraction of sp³-hybridized carbons (Fsp3) is 0.688. The van der Waals surface area contributed by atoms with Crippen LogP contribution in [0.3, 0.4) is 0 Å². The summed E-state index contributed by atoms with van der Waals surface area (Å²) in [5.41, 5.74) is 1.43. The molecule has 7 heteroatoms. The van der Waals surface area contributed by atoms with E-state index in [9.17, 15) is 9.59 Å². The molecule has 2 amide bonds. The predicted molar refractivity (Wildman–Crippen MR) is 86.6 cm³/mol. The van der Waals surface area contributed by atoms with Gasteiger partial charge in [-0.05, 0) is 25.7 Å². The van der Waals surface area contributed by atoms with Crippen molar-refractivity contribution in [3.05, 3.63) is 21.6 Å².